The Bertz CT molecular complexity index is 368. The first-order valence-electron chi connectivity index (χ1n) is 4.71. The van der Waals surface area contributed by atoms with E-state index in [4.69, 9.17) is 10.5 Å². The first kappa shape index (κ1) is 8.88. The Morgan fingerprint density at radius 2 is 2.21 bits per heavy atom. The van der Waals surface area contributed by atoms with Gasteiger partial charge in [0.15, 0.2) is 0 Å². The smallest absolute Gasteiger partial charge is 0.127 e. The van der Waals surface area contributed by atoms with E-state index in [0.29, 0.717) is 0 Å². The zero-order valence-electron chi connectivity index (χ0n) is 7.89. The van der Waals surface area contributed by atoms with Crippen molar-refractivity contribution in [2.75, 3.05) is 0 Å². The monoisotopic (exact) mass is 187 g/mol. The highest BCUT2D eigenvalue weighted by molar-refractivity contribution is 5.59. The molecular formula is C12H13NO. The van der Waals surface area contributed by atoms with Crippen molar-refractivity contribution in [1.82, 2.24) is 0 Å². The van der Waals surface area contributed by atoms with Crippen molar-refractivity contribution in [3.63, 3.8) is 0 Å². The van der Waals surface area contributed by atoms with Crippen LogP contribution in [0.4, 0.5) is 0 Å². The highest BCUT2D eigenvalue weighted by Crippen LogP contribution is 2.26. The fraction of sp³-hybridized carbons (Fsp3) is 0.167. The van der Waals surface area contributed by atoms with Crippen molar-refractivity contribution in [1.29, 1.82) is 0 Å². The van der Waals surface area contributed by atoms with E-state index in [1.54, 1.807) is 6.20 Å². The van der Waals surface area contributed by atoms with Gasteiger partial charge in [-0.25, -0.2) is 0 Å². The maximum Gasteiger partial charge on any atom is 0.127 e. The predicted molar refractivity (Wildman–Crippen MR) is 57.8 cm³/mol. The number of rotatable bonds is 2. The molecular weight excluding hydrogens is 174 g/mol. The van der Waals surface area contributed by atoms with Gasteiger partial charge in [0, 0.05) is 12.0 Å². The van der Waals surface area contributed by atoms with Gasteiger partial charge in [0.2, 0.25) is 0 Å². The average molecular weight is 187 g/mol. The topological polar surface area (TPSA) is 35.2 Å². The number of para-hydroxylation sites is 1. The van der Waals surface area contributed by atoms with E-state index in [0.717, 1.165) is 17.7 Å². The largest absolute Gasteiger partial charge is 0.485 e. The fourth-order valence-electron chi connectivity index (χ4n) is 1.48. The van der Waals surface area contributed by atoms with Crippen LogP contribution in [-0.2, 0) is 0 Å². The number of hydrogen-bond donors (Lipinski definition) is 1. The second kappa shape index (κ2) is 4.01. The van der Waals surface area contributed by atoms with Gasteiger partial charge in [0.05, 0.1) is 0 Å². The zero-order chi connectivity index (χ0) is 9.80. The Labute approximate surface area is 83.7 Å². The standard InChI is InChI=1S/C12H13NO/c13-9-3-5-11-8-7-10-4-1-2-6-12(10)14-11/h1-4,6-9,11H,5,13H2. The quantitative estimate of drug-likeness (QED) is 0.771. The number of benzene rings is 1. The molecule has 1 aromatic rings. The lowest BCUT2D eigenvalue weighted by Crippen LogP contribution is -2.15. The van der Waals surface area contributed by atoms with E-state index in [1.165, 1.54) is 0 Å². The first-order valence-corrected chi connectivity index (χ1v) is 4.71. The normalized spacial score (nSPS) is 19.3. The summed E-state index contributed by atoms with van der Waals surface area (Å²) >= 11 is 0. The van der Waals surface area contributed by atoms with Crippen LogP contribution in [0, 0.1) is 0 Å². The maximum absolute atomic E-state index is 5.74. The van der Waals surface area contributed by atoms with Crippen LogP contribution < -0.4 is 10.5 Å². The fourth-order valence-corrected chi connectivity index (χ4v) is 1.48. The summed E-state index contributed by atoms with van der Waals surface area (Å²) < 4.78 is 5.74. The second-order valence-electron chi connectivity index (χ2n) is 3.22. The third kappa shape index (κ3) is 1.79. The Balaban J connectivity index is 2.13. The molecule has 72 valence electrons. The molecule has 0 saturated carbocycles. The van der Waals surface area contributed by atoms with Crippen molar-refractivity contribution in [3.8, 4) is 5.75 Å². The van der Waals surface area contributed by atoms with Crippen LogP contribution in [0.5, 0.6) is 5.75 Å². The van der Waals surface area contributed by atoms with Gasteiger partial charge < -0.3 is 10.5 Å². The van der Waals surface area contributed by atoms with Crippen LogP contribution in [0.3, 0.4) is 0 Å². The second-order valence-corrected chi connectivity index (χ2v) is 3.22. The summed E-state index contributed by atoms with van der Waals surface area (Å²) in [4.78, 5) is 0. The van der Waals surface area contributed by atoms with Crippen LogP contribution >= 0.6 is 0 Å². The summed E-state index contributed by atoms with van der Waals surface area (Å²) in [5, 5.41) is 0. The van der Waals surface area contributed by atoms with Crippen LogP contribution in [-0.4, -0.2) is 6.10 Å². The lowest BCUT2D eigenvalue weighted by atomic mass is 10.1. The van der Waals surface area contributed by atoms with Crippen molar-refractivity contribution < 1.29 is 4.74 Å². The van der Waals surface area contributed by atoms with E-state index in [9.17, 15) is 0 Å². The number of ether oxygens (including phenoxy) is 1. The van der Waals surface area contributed by atoms with Crippen molar-refractivity contribution in [2.45, 2.75) is 12.5 Å². The molecule has 0 radical (unpaired) electrons. The molecule has 2 rings (SSSR count). The molecule has 0 spiro atoms. The summed E-state index contributed by atoms with van der Waals surface area (Å²) in [7, 11) is 0. The van der Waals surface area contributed by atoms with Crippen molar-refractivity contribution >= 4 is 6.08 Å². The first-order chi connectivity index (χ1) is 6.90. The highest BCUT2D eigenvalue weighted by atomic mass is 16.5. The Hall–Kier alpha value is -1.70. The van der Waals surface area contributed by atoms with Gasteiger partial charge in [-0.3, -0.25) is 0 Å². The molecule has 0 aliphatic carbocycles. The molecule has 1 heterocycles. The van der Waals surface area contributed by atoms with Crippen LogP contribution in [0.1, 0.15) is 12.0 Å². The SMILES string of the molecule is NC=CCC1C=Cc2ccccc2O1. The van der Waals surface area contributed by atoms with E-state index in [2.05, 4.69) is 12.2 Å². The summed E-state index contributed by atoms with van der Waals surface area (Å²) in [6.07, 6.45) is 8.54. The molecule has 0 bridgehead atoms. The average Bonchev–Trinajstić information content (AvgIpc) is 2.26. The third-order valence-corrected chi connectivity index (χ3v) is 2.19. The predicted octanol–water partition coefficient (Wildman–Crippen LogP) is 2.32. The van der Waals surface area contributed by atoms with E-state index in [-0.39, 0.29) is 6.10 Å². The van der Waals surface area contributed by atoms with E-state index in [1.807, 2.05) is 30.3 Å². The molecule has 1 aromatic carbocycles. The van der Waals surface area contributed by atoms with Crippen LogP contribution in [0.15, 0.2) is 42.6 Å². The summed E-state index contributed by atoms with van der Waals surface area (Å²) in [5.41, 5.74) is 6.42. The van der Waals surface area contributed by atoms with Crippen LogP contribution in [0.25, 0.3) is 6.08 Å². The molecule has 1 aliphatic rings. The Morgan fingerprint density at radius 1 is 1.36 bits per heavy atom. The molecule has 0 fully saturated rings. The summed E-state index contributed by atoms with van der Waals surface area (Å²) in [6, 6.07) is 8.01. The number of fused-ring (bicyclic) bond motifs is 1. The molecule has 0 saturated heterocycles. The Kier molecular flexibility index (Phi) is 2.54. The maximum atomic E-state index is 5.74. The summed E-state index contributed by atoms with van der Waals surface area (Å²) in [5.74, 6) is 0.949. The van der Waals surface area contributed by atoms with Gasteiger partial charge in [0.1, 0.15) is 11.9 Å². The molecule has 0 aromatic heterocycles. The van der Waals surface area contributed by atoms with Gasteiger partial charge in [-0.1, -0.05) is 30.4 Å². The van der Waals surface area contributed by atoms with Crippen molar-refractivity contribution in [2.24, 2.45) is 5.73 Å². The highest BCUT2D eigenvalue weighted by Gasteiger charge is 2.11. The minimum atomic E-state index is 0.115. The number of nitrogens with two attached hydrogens (primary N) is 1. The van der Waals surface area contributed by atoms with Gasteiger partial charge in [-0.2, -0.15) is 0 Å². The van der Waals surface area contributed by atoms with Gasteiger partial charge in [-0.05, 0) is 18.3 Å². The lowest BCUT2D eigenvalue weighted by Gasteiger charge is -2.20. The molecule has 1 atom stereocenters. The van der Waals surface area contributed by atoms with Gasteiger partial charge in [0.25, 0.3) is 0 Å². The molecule has 2 N–H and O–H groups in total. The van der Waals surface area contributed by atoms with E-state index >= 15 is 0 Å². The molecule has 1 unspecified atom stereocenters. The third-order valence-electron chi connectivity index (χ3n) is 2.19. The lowest BCUT2D eigenvalue weighted by molar-refractivity contribution is 0.249. The molecule has 2 nitrogen and oxygen atoms in total. The van der Waals surface area contributed by atoms with Crippen LogP contribution in [0.2, 0.25) is 0 Å². The minimum absolute atomic E-state index is 0.115. The molecule has 14 heavy (non-hydrogen) atoms. The van der Waals surface area contributed by atoms with Crippen molar-refractivity contribution in [3.05, 3.63) is 48.2 Å². The zero-order valence-corrected chi connectivity index (χ0v) is 7.89. The summed E-state index contributed by atoms with van der Waals surface area (Å²) in [6.45, 7) is 0. The minimum Gasteiger partial charge on any atom is -0.485 e. The molecule has 0 amide bonds. The number of hydrogen-bond acceptors (Lipinski definition) is 2. The van der Waals surface area contributed by atoms with E-state index < -0.39 is 0 Å². The Morgan fingerprint density at radius 3 is 3.07 bits per heavy atom. The molecule has 1 aliphatic heterocycles. The van der Waals surface area contributed by atoms with Gasteiger partial charge in [-0.15, -0.1) is 0 Å². The molecule has 2 heteroatoms. The van der Waals surface area contributed by atoms with Gasteiger partial charge >= 0.3 is 0 Å².